The van der Waals surface area contributed by atoms with Gasteiger partial charge in [-0.15, -0.1) is 4.91 Å². The zero-order chi connectivity index (χ0) is 6.69. The van der Waals surface area contributed by atoms with Crippen molar-refractivity contribution in [2.75, 3.05) is 0 Å². The molecule has 3 nitrogen and oxygen atoms in total. The lowest BCUT2D eigenvalue weighted by atomic mass is 10.1. The minimum absolute atomic E-state index is 0.0255. The molecule has 0 saturated heterocycles. The lowest BCUT2D eigenvalue weighted by Crippen LogP contribution is -2.00. The summed E-state index contributed by atoms with van der Waals surface area (Å²) in [7, 11) is 0. The van der Waals surface area contributed by atoms with E-state index in [2.05, 4.69) is 5.18 Å². The number of ketones is 1. The first-order chi connectivity index (χ1) is 4.34. The van der Waals surface area contributed by atoms with Crippen molar-refractivity contribution in [1.82, 2.24) is 0 Å². The van der Waals surface area contributed by atoms with Crippen molar-refractivity contribution in [2.24, 2.45) is 5.18 Å². The highest BCUT2D eigenvalue weighted by molar-refractivity contribution is 5.97. The van der Waals surface area contributed by atoms with Crippen molar-refractivity contribution in [3.63, 3.8) is 0 Å². The predicted octanol–water partition coefficient (Wildman–Crippen LogP) is 1.17. The summed E-state index contributed by atoms with van der Waals surface area (Å²) in [6.45, 7) is 0. The molecule has 0 aliphatic heterocycles. The standard InChI is InChI=1S/C6H5NO2/c8-6-4-2-1-3-5(6)7-9/h1-3H,4H2. The van der Waals surface area contributed by atoms with E-state index in [1.165, 1.54) is 6.08 Å². The molecule has 46 valence electrons. The Morgan fingerprint density at radius 3 is 2.78 bits per heavy atom. The summed E-state index contributed by atoms with van der Waals surface area (Å²) < 4.78 is 0. The van der Waals surface area contributed by atoms with Gasteiger partial charge >= 0.3 is 0 Å². The Kier molecular flexibility index (Phi) is 1.53. The van der Waals surface area contributed by atoms with E-state index in [1.807, 2.05) is 0 Å². The Balaban J connectivity index is 2.86. The molecule has 0 unspecified atom stereocenters. The highest BCUT2D eigenvalue weighted by Crippen LogP contribution is 2.07. The van der Waals surface area contributed by atoms with E-state index in [9.17, 15) is 9.70 Å². The molecule has 0 heterocycles. The number of nitrogens with zero attached hydrogens (tertiary/aromatic N) is 1. The average molecular weight is 123 g/mol. The van der Waals surface area contributed by atoms with Crippen LogP contribution in [0.1, 0.15) is 6.42 Å². The minimum atomic E-state index is -0.201. The molecule has 1 aliphatic carbocycles. The fourth-order valence-corrected chi connectivity index (χ4v) is 0.613. The summed E-state index contributed by atoms with van der Waals surface area (Å²) in [5, 5.41) is 2.54. The number of hydrogen-bond acceptors (Lipinski definition) is 3. The summed E-state index contributed by atoms with van der Waals surface area (Å²) in [6, 6.07) is 0. The fraction of sp³-hybridized carbons (Fsp3) is 0.167. The summed E-state index contributed by atoms with van der Waals surface area (Å²) in [6.07, 6.45) is 5.06. The monoisotopic (exact) mass is 123 g/mol. The molecule has 0 saturated carbocycles. The number of hydrogen-bond donors (Lipinski definition) is 0. The van der Waals surface area contributed by atoms with Gasteiger partial charge in [-0.1, -0.05) is 12.2 Å². The molecule has 0 aromatic heterocycles. The first kappa shape index (κ1) is 5.88. The van der Waals surface area contributed by atoms with E-state index in [4.69, 9.17) is 0 Å². The Morgan fingerprint density at radius 1 is 1.56 bits per heavy atom. The van der Waals surface area contributed by atoms with E-state index in [1.54, 1.807) is 12.2 Å². The molecule has 1 aliphatic rings. The maximum Gasteiger partial charge on any atom is 0.188 e. The summed E-state index contributed by atoms with van der Waals surface area (Å²) in [4.78, 5) is 20.4. The van der Waals surface area contributed by atoms with Gasteiger partial charge in [-0.25, -0.2) is 0 Å². The van der Waals surface area contributed by atoms with Crippen LogP contribution in [0.3, 0.4) is 0 Å². The van der Waals surface area contributed by atoms with Crippen molar-refractivity contribution < 1.29 is 4.79 Å². The SMILES string of the molecule is O=NC1=CC=CCC1=O. The molecule has 0 radical (unpaired) electrons. The second-order valence-corrected chi connectivity index (χ2v) is 1.70. The molecule has 0 spiro atoms. The Morgan fingerprint density at radius 2 is 2.33 bits per heavy atom. The number of nitroso groups, excluding NO2 is 1. The molecule has 0 N–H and O–H groups in total. The summed E-state index contributed by atoms with van der Waals surface area (Å²) in [5.41, 5.74) is 0.0255. The normalized spacial score (nSPS) is 17.3. The van der Waals surface area contributed by atoms with Crippen molar-refractivity contribution in [1.29, 1.82) is 0 Å². The Hall–Kier alpha value is -1.25. The van der Waals surface area contributed by atoms with Crippen LogP contribution in [-0.4, -0.2) is 5.78 Å². The lowest BCUT2D eigenvalue weighted by Gasteiger charge is -1.95. The van der Waals surface area contributed by atoms with Crippen LogP contribution in [-0.2, 0) is 4.79 Å². The zero-order valence-electron chi connectivity index (χ0n) is 4.70. The van der Waals surface area contributed by atoms with Crippen molar-refractivity contribution in [3.8, 4) is 0 Å². The van der Waals surface area contributed by atoms with Gasteiger partial charge in [-0.05, 0) is 11.3 Å². The number of allylic oxidation sites excluding steroid dienone is 4. The van der Waals surface area contributed by atoms with Gasteiger partial charge in [-0.3, -0.25) is 4.79 Å². The molecule has 3 heteroatoms. The van der Waals surface area contributed by atoms with E-state index < -0.39 is 0 Å². The molecule has 0 aromatic carbocycles. The van der Waals surface area contributed by atoms with E-state index in [0.717, 1.165) is 0 Å². The van der Waals surface area contributed by atoms with Gasteiger partial charge in [0.05, 0.1) is 0 Å². The Bertz CT molecular complexity index is 203. The topological polar surface area (TPSA) is 46.5 Å². The minimum Gasteiger partial charge on any atom is -0.292 e. The smallest absolute Gasteiger partial charge is 0.188 e. The first-order valence-corrected chi connectivity index (χ1v) is 2.58. The van der Waals surface area contributed by atoms with Crippen LogP contribution in [0.2, 0.25) is 0 Å². The maximum absolute atomic E-state index is 10.6. The highest BCUT2D eigenvalue weighted by atomic mass is 16.3. The summed E-state index contributed by atoms with van der Waals surface area (Å²) in [5.74, 6) is -0.201. The largest absolute Gasteiger partial charge is 0.292 e. The molecule has 9 heavy (non-hydrogen) atoms. The van der Waals surface area contributed by atoms with Gasteiger partial charge < -0.3 is 0 Å². The third-order valence-corrected chi connectivity index (χ3v) is 1.08. The van der Waals surface area contributed by atoms with Crippen LogP contribution < -0.4 is 0 Å². The first-order valence-electron chi connectivity index (χ1n) is 2.58. The van der Waals surface area contributed by atoms with E-state index in [-0.39, 0.29) is 11.5 Å². The van der Waals surface area contributed by atoms with Crippen molar-refractivity contribution in [3.05, 3.63) is 28.8 Å². The van der Waals surface area contributed by atoms with Crippen molar-refractivity contribution in [2.45, 2.75) is 6.42 Å². The van der Waals surface area contributed by atoms with Crippen LogP contribution in [0.15, 0.2) is 29.1 Å². The number of carbonyl (C=O) groups excluding carboxylic acids is 1. The van der Waals surface area contributed by atoms with Crippen LogP contribution in [0, 0.1) is 4.91 Å². The van der Waals surface area contributed by atoms with Gasteiger partial charge in [0.25, 0.3) is 0 Å². The molecule has 0 atom stereocenters. The number of carbonyl (C=O) groups is 1. The third-order valence-electron chi connectivity index (χ3n) is 1.08. The van der Waals surface area contributed by atoms with Crippen molar-refractivity contribution >= 4 is 5.78 Å². The van der Waals surface area contributed by atoms with Gasteiger partial charge in [0.15, 0.2) is 11.5 Å². The quantitative estimate of drug-likeness (QED) is 0.491. The fourth-order valence-electron chi connectivity index (χ4n) is 0.613. The third kappa shape index (κ3) is 1.10. The molecule has 0 aromatic rings. The van der Waals surface area contributed by atoms with Crippen LogP contribution in [0.25, 0.3) is 0 Å². The number of Topliss-reactive ketones (excluding diaryl/α,β-unsaturated/α-hetero) is 1. The van der Waals surface area contributed by atoms with Gasteiger partial charge in [0.2, 0.25) is 0 Å². The number of rotatable bonds is 1. The molecular formula is C6H5NO2. The second-order valence-electron chi connectivity index (χ2n) is 1.70. The van der Waals surface area contributed by atoms with Crippen LogP contribution in [0.4, 0.5) is 0 Å². The van der Waals surface area contributed by atoms with Gasteiger partial charge in [-0.2, -0.15) is 0 Å². The van der Waals surface area contributed by atoms with Crippen LogP contribution in [0.5, 0.6) is 0 Å². The molecule has 0 fully saturated rings. The van der Waals surface area contributed by atoms with Crippen LogP contribution >= 0.6 is 0 Å². The average Bonchev–Trinajstić information content (AvgIpc) is 1.89. The Labute approximate surface area is 52.0 Å². The highest BCUT2D eigenvalue weighted by Gasteiger charge is 2.09. The lowest BCUT2D eigenvalue weighted by molar-refractivity contribution is -0.114. The predicted molar refractivity (Wildman–Crippen MR) is 32.6 cm³/mol. The molecule has 0 amide bonds. The molecular weight excluding hydrogens is 118 g/mol. The summed E-state index contributed by atoms with van der Waals surface area (Å²) >= 11 is 0. The second kappa shape index (κ2) is 2.35. The van der Waals surface area contributed by atoms with Gasteiger partial charge in [0, 0.05) is 6.42 Å². The maximum atomic E-state index is 10.6. The zero-order valence-corrected chi connectivity index (χ0v) is 4.70. The van der Waals surface area contributed by atoms with E-state index in [0.29, 0.717) is 6.42 Å². The van der Waals surface area contributed by atoms with E-state index >= 15 is 0 Å². The molecule has 1 rings (SSSR count). The van der Waals surface area contributed by atoms with Gasteiger partial charge in [0.1, 0.15) is 0 Å². The molecule has 0 bridgehead atoms.